The van der Waals surface area contributed by atoms with Crippen LogP contribution < -0.4 is 0 Å². The molecule has 14 heavy (non-hydrogen) atoms. The van der Waals surface area contributed by atoms with Crippen molar-refractivity contribution in [2.75, 3.05) is 19.0 Å². The maximum atomic E-state index is 5.95. The van der Waals surface area contributed by atoms with Gasteiger partial charge in [0.05, 0.1) is 0 Å². The molecule has 0 aromatic carbocycles. The third kappa shape index (κ3) is 3.38. The van der Waals surface area contributed by atoms with E-state index in [0.29, 0.717) is 5.92 Å². The van der Waals surface area contributed by atoms with Gasteiger partial charge in [-0.25, -0.2) is 0 Å². The van der Waals surface area contributed by atoms with Gasteiger partial charge >= 0.3 is 0 Å². The van der Waals surface area contributed by atoms with Gasteiger partial charge in [-0.3, -0.25) is 0 Å². The average Bonchev–Trinajstić information content (AvgIpc) is 2.29. The summed E-state index contributed by atoms with van der Waals surface area (Å²) in [6.45, 7) is 6.56. The van der Waals surface area contributed by atoms with Crippen LogP contribution in [0.3, 0.4) is 0 Å². The fourth-order valence-electron chi connectivity index (χ4n) is 1.77. The van der Waals surface area contributed by atoms with Crippen molar-refractivity contribution in [1.82, 2.24) is 4.90 Å². The molecule has 1 rings (SSSR count). The molecule has 1 nitrogen and oxygen atoms in total. The fraction of sp³-hybridized carbons (Fsp3) is 0.667. The number of alkyl halides is 1. The van der Waals surface area contributed by atoms with Gasteiger partial charge in [-0.2, -0.15) is 0 Å². The molecule has 0 radical (unpaired) electrons. The van der Waals surface area contributed by atoms with Crippen LogP contribution in [0.1, 0.15) is 26.7 Å². The molecule has 0 aromatic heterocycles. The maximum Gasteiger partial charge on any atom is 0.0271 e. The van der Waals surface area contributed by atoms with Crippen molar-refractivity contribution in [2.45, 2.75) is 26.7 Å². The van der Waals surface area contributed by atoms with Gasteiger partial charge in [-0.1, -0.05) is 18.2 Å². The van der Waals surface area contributed by atoms with Crippen LogP contribution in [0.5, 0.6) is 0 Å². The van der Waals surface area contributed by atoms with Crippen LogP contribution in [0.4, 0.5) is 0 Å². The molecule has 0 spiro atoms. The molecule has 1 atom stereocenters. The van der Waals surface area contributed by atoms with Crippen molar-refractivity contribution in [1.29, 1.82) is 0 Å². The van der Waals surface area contributed by atoms with Crippen LogP contribution in [0.2, 0.25) is 0 Å². The van der Waals surface area contributed by atoms with Gasteiger partial charge in [-0.15, -0.1) is 11.6 Å². The summed E-state index contributed by atoms with van der Waals surface area (Å²) >= 11 is 5.95. The van der Waals surface area contributed by atoms with E-state index >= 15 is 0 Å². The molecule has 0 aliphatic carbocycles. The Labute approximate surface area is 92.4 Å². The van der Waals surface area contributed by atoms with Crippen molar-refractivity contribution in [2.24, 2.45) is 5.92 Å². The monoisotopic (exact) mass is 213 g/mol. The molecule has 0 fully saturated rings. The van der Waals surface area contributed by atoms with E-state index in [1.807, 2.05) is 0 Å². The largest absolute Gasteiger partial charge is 0.375 e. The summed E-state index contributed by atoms with van der Waals surface area (Å²) in [5, 5.41) is 0. The summed E-state index contributed by atoms with van der Waals surface area (Å²) in [5.41, 5.74) is 1.38. The SMILES string of the molecule is CCN1CC(CCl)C/C=C/C/C=C\1C. The minimum Gasteiger partial charge on any atom is -0.375 e. The molecule has 0 saturated carbocycles. The van der Waals surface area contributed by atoms with Gasteiger partial charge in [0.25, 0.3) is 0 Å². The number of allylic oxidation sites excluding steroid dienone is 4. The first-order valence-corrected chi connectivity index (χ1v) is 5.94. The number of hydrogen-bond acceptors (Lipinski definition) is 1. The molecular formula is C12H20ClN. The standard InChI is InChI=1S/C12H20ClN/c1-3-14-10-12(9-13)8-6-4-5-7-11(14)2/h4,6-7,12H,3,5,8-10H2,1-2H3/b6-4+,11-7-. The van der Waals surface area contributed by atoms with E-state index in [-0.39, 0.29) is 0 Å². The van der Waals surface area contributed by atoms with Gasteiger partial charge in [-0.05, 0) is 32.6 Å². The first kappa shape index (κ1) is 11.6. The van der Waals surface area contributed by atoms with E-state index in [4.69, 9.17) is 11.6 Å². The lowest BCUT2D eigenvalue weighted by atomic mass is 10.1. The molecule has 0 aromatic rings. The predicted octanol–water partition coefficient (Wildman–Crippen LogP) is 3.42. The highest BCUT2D eigenvalue weighted by Crippen LogP contribution is 2.15. The lowest BCUT2D eigenvalue weighted by molar-refractivity contribution is 0.311. The quantitative estimate of drug-likeness (QED) is 0.502. The lowest BCUT2D eigenvalue weighted by Crippen LogP contribution is -2.28. The number of nitrogens with zero attached hydrogens (tertiary/aromatic N) is 1. The molecule has 0 N–H and O–H groups in total. The van der Waals surface area contributed by atoms with Gasteiger partial charge in [0.2, 0.25) is 0 Å². The zero-order chi connectivity index (χ0) is 10.4. The molecule has 1 aliphatic heterocycles. The molecule has 1 unspecified atom stereocenters. The topological polar surface area (TPSA) is 3.24 Å². The second-order valence-electron chi connectivity index (χ2n) is 3.85. The van der Waals surface area contributed by atoms with Crippen molar-refractivity contribution >= 4 is 11.6 Å². The Morgan fingerprint density at radius 1 is 1.50 bits per heavy atom. The summed E-state index contributed by atoms with van der Waals surface area (Å²) in [4.78, 5) is 2.42. The highest BCUT2D eigenvalue weighted by Gasteiger charge is 2.12. The van der Waals surface area contributed by atoms with Crippen LogP contribution in [-0.4, -0.2) is 23.9 Å². The first-order valence-electron chi connectivity index (χ1n) is 5.40. The van der Waals surface area contributed by atoms with Crippen molar-refractivity contribution in [3.05, 3.63) is 23.9 Å². The van der Waals surface area contributed by atoms with Crippen LogP contribution in [0.25, 0.3) is 0 Å². The smallest absolute Gasteiger partial charge is 0.0271 e. The zero-order valence-electron chi connectivity index (χ0n) is 9.17. The molecule has 0 amide bonds. The van der Waals surface area contributed by atoms with Gasteiger partial charge < -0.3 is 4.90 Å². The van der Waals surface area contributed by atoms with Crippen molar-refractivity contribution in [3.63, 3.8) is 0 Å². The third-order valence-electron chi connectivity index (χ3n) is 2.76. The van der Waals surface area contributed by atoms with Crippen molar-refractivity contribution < 1.29 is 0 Å². The van der Waals surface area contributed by atoms with E-state index in [0.717, 1.165) is 31.8 Å². The Balaban J connectivity index is 2.69. The number of hydrogen-bond donors (Lipinski definition) is 0. The Morgan fingerprint density at radius 2 is 2.29 bits per heavy atom. The average molecular weight is 214 g/mol. The second kappa shape index (κ2) is 6.13. The maximum absolute atomic E-state index is 5.95. The summed E-state index contributed by atoms with van der Waals surface area (Å²) in [6.07, 6.45) is 8.95. The van der Waals surface area contributed by atoms with Gasteiger partial charge in [0.15, 0.2) is 0 Å². The number of halogens is 1. The van der Waals surface area contributed by atoms with Crippen LogP contribution in [0, 0.1) is 5.92 Å². The van der Waals surface area contributed by atoms with Crippen LogP contribution in [-0.2, 0) is 0 Å². The molecule has 80 valence electrons. The first-order chi connectivity index (χ1) is 6.77. The van der Waals surface area contributed by atoms with Crippen LogP contribution >= 0.6 is 11.6 Å². The Bertz CT molecular complexity index is 220. The summed E-state index contributed by atoms with van der Waals surface area (Å²) in [5.74, 6) is 1.35. The summed E-state index contributed by atoms with van der Waals surface area (Å²) in [6, 6.07) is 0. The molecular weight excluding hydrogens is 194 g/mol. The molecule has 2 heteroatoms. The molecule has 1 heterocycles. The molecule has 0 bridgehead atoms. The normalized spacial score (nSPS) is 29.8. The summed E-state index contributed by atoms with van der Waals surface area (Å²) < 4.78 is 0. The fourth-order valence-corrected chi connectivity index (χ4v) is 2.00. The molecule has 0 saturated heterocycles. The zero-order valence-corrected chi connectivity index (χ0v) is 9.93. The van der Waals surface area contributed by atoms with Crippen LogP contribution in [0.15, 0.2) is 23.9 Å². The lowest BCUT2D eigenvalue weighted by Gasteiger charge is -2.27. The van der Waals surface area contributed by atoms with E-state index in [1.54, 1.807) is 0 Å². The minimum atomic E-state index is 0.592. The Kier molecular flexibility index (Phi) is 5.10. The van der Waals surface area contributed by atoms with E-state index in [9.17, 15) is 0 Å². The third-order valence-corrected chi connectivity index (χ3v) is 3.20. The molecule has 1 aliphatic rings. The second-order valence-corrected chi connectivity index (χ2v) is 4.16. The Morgan fingerprint density at radius 3 is 2.93 bits per heavy atom. The van der Waals surface area contributed by atoms with Crippen molar-refractivity contribution in [3.8, 4) is 0 Å². The van der Waals surface area contributed by atoms with E-state index < -0.39 is 0 Å². The highest BCUT2D eigenvalue weighted by atomic mass is 35.5. The van der Waals surface area contributed by atoms with E-state index in [2.05, 4.69) is 37.0 Å². The van der Waals surface area contributed by atoms with Gasteiger partial charge in [0, 0.05) is 24.7 Å². The number of rotatable bonds is 2. The minimum absolute atomic E-state index is 0.592. The van der Waals surface area contributed by atoms with Gasteiger partial charge in [0.1, 0.15) is 0 Å². The summed E-state index contributed by atoms with van der Waals surface area (Å²) in [7, 11) is 0. The predicted molar refractivity (Wildman–Crippen MR) is 63.6 cm³/mol. The Hall–Kier alpha value is -0.430. The van der Waals surface area contributed by atoms with E-state index in [1.165, 1.54) is 5.70 Å². The highest BCUT2D eigenvalue weighted by molar-refractivity contribution is 6.18.